The van der Waals surface area contributed by atoms with E-state index in [4.69, 9.17) is 4.74 Å². The van der Waals surface area contributed by atoms with Gasteiger partial charge in [-0.2, -0.15) is 0 Å². The highest BCUT2D eigenvalue weighted by Crippen LogP contribution is 2.23. The largest absolute Gasteiger partial charge is 0.466 e. The van der Waals surface area contributed by atoms with Gasteiger partial charge in [-0.15, -0.1) is 0 Å². The van der Waals surface area contributed by atoms with E-state index >= 15 is 0 Å². The van der Waals surface area contributed by atoms with Crippen molar-refractivity contribution in [2.24, 2.45) is 5.92 Å². The van der Waals surface area contributed by atoms with Crippen molar-refractivity contribution in [2.45, 2.75) is 71.1 Å². The summed E-state index contributed by atoms with van der Waals surface area (Å²) in [5, 5.41) is 0. The summed E-state index contributed by atoms with van der Waals surface area (Å²) in [6.07, 6.45) is 17.8. The van der Waals surface area contributed by atoms with Crippen LogP contribution in [0.3, 0.4) is 0 Å². The first-order valence-electron chi connectivity index (χ1n) is 7.59. The van der Waals surface area contributed by atoms with Gasteiger partial charge in [0.2, 0.25) is 0 Å². The zero-order chi connectivity index (χ0) is 13.1. The average molecular weight is 252 g/mol. The molecule has 0 bridgehead atoms. The molecule has 0 aromatic carbocycles. The molecule has 1 aliphatic rings. The number of allylic oxidation sites excluding steroid dienone is 2. The lowest BCUT2D eigenvalue weighted by Gasteiger charge is -2.06. The Morgan fingerprint density at radius 1 is 1.11 bits per heavy atom. The second kappa shape index (κ2) is 10.2. The zero-order valence-corrected chi connectivity index (χ0v) is 11.8. The van der Waals surface area contributed by atoms with Crippen LogP contribution in [-0.2, 0) is 9.53 Å². The molecule has 2 heteroatoms. The summed E-state index contributed by atoms with van der Waals surface area (Å²) in [6, 6.07) is 0. The van der Waals surface area contributed by atoms with Gasteiger partial charge in [-0.25, -0.2) is 0 Å². The fourth-order valence-electron chi connectivity index (χ4n) is 2.54. The van der Waals surface area contributed by atoms with E-state index in [1.165, 1.54) is 64.7 Å². The van der Waals surface area contributed by atoms with E-state index in [0.29, 0.717) is 6.61 Å². The first kappa shape index (κ1) is 15.3. The molecular weight excluding hydrogens is 224 g/mol. The fourth-order valence-corrected chi connectivity index (χ4v) is 2.54. The van der Waals surface area contributed by atoms with E-state index in [0.717, 1.165) is 12.3 Å². The quantitative estimate of drug-likeness (QED) is 0.322. The number of hydrogen-bond acceptors (Lipinski definition) is 2. The van der Waals surface area contributed by atoms with Crippen molar-refractivity contribution in [3.05, 3.63) is 12.2 Å². The highest BCUT2D eigenvalue weighted by atomic mass is 16.5. The molecule has 0 radical (unpaired) electrons. The Kier molecular flexibility index (Phi) is 8.62. The maximum atomic E-state index is 10.5. The van der Waals surface area contributed by atoms with Crippen molar-refractivity contribution in [1.82, 2.24) is 0 Å². The van der Waals surface area contributed by atoms with Gasteiger partial charge in [-0.05, 0) is 31.6 Å². The number of hydrogen-bond donors (Lipinski definition) is 0. The Morgan fingerprint density at radius 2 is 1.78 bits per heavy atom. The number of rotatable bonds is 10. The van der Waals surface area contributed by atoms with Gasteiger partial charge in [0, 0.05) is 6.92 Å². The van der Waals surface area contributed by atoms with E-state index < -0.39 is 0 Å². The molecule has 2 nitrogen and oxygen atoms in total. The van der Waals surface area contributed by atoms with Crippen LogP contribution in [0.5, 0.6) is 0 Å². The molecule has 1 rings (SSSR count). The van der Waals surface area contributed by atoms with Gasteiger partial charge < -0.3 is 4.74 Å². The molecule has 0 fully saturated rings. The second-order valence-corrected chi connectivity index (χ2v) is 5.37. The SMILES string of the molecule is CC(=O)OCCCCCCCCC[C@H]1C=CCC1. The molecule has 0 aromatic heterocycles. The molecule has 104 valence electrons. The molecular formula is C16H28O2. The Balaban J connectivity index is 1.73. The number of unbranched alkanes of at least 4 members (excludes halogenated alkanes) is 6. The molecule has 0 aromatic rings. The molecule has 0 unspecified atom stereocenters. The number of ether oxygens (including phenoxy) is 1. The smallest absolute Gasteiger partial charge is 0.302 e. The van der Waals surface area contributed by atoms with Gasteiger partial charge in [0.05, 0.1) is 6.61 Å². The lowest BCUT2D eigenvalue weighted by molar-refractivity contribution is -0.141. The number of esters is 1. The normalized spacial score (nSPS) is 18.2. The Morgan fingerprint density at radius 3 is 2.39 bits per heavy atom. The van der Waals surface area contributed by atoms with Crippen molar-refractivity contribution < 1.29 is 9.53 Å². The predicted octanol–water partition coefficient (Wildman–Crippen LogP) is 4.64. The third-order valence-corrected chi connectivity index (χ3v) is 3.64. The highest BCUT2D eigenvalue weighted by molar-refractivity contribution is 5.65. The van der Waals surface area contributed by atoms with Crippen LogP contribution in [-0.4, -0.2) is 12.6 Å². The molecule has 0 heterocycles. The molecule has 1 aliphatic carbocycles. The van der Waals surface area contributed by atoms with Crippen LogP contribution in [0.15, 0.2) is 12.2 Å². The Labute approximate surface area is 112 Å². The van der Waals surface area contributed by atoms with Crippen molar-refractivity contribution in [3.63, 3.8) is 0 Å². The van der Waals surface area contributed by atoms with Crippen LogP contribution >= 0.6 is 0 Å². The summed E-state index contributed by atoms with van der Waals surface area (Å²) in [5.74, 6) is 0.727. The minimum Gasteiger partial charge on any atom is -0.466 e. The van der Waals surface area contributed by atoms with Gasteiger partial charge in [-0.1, -0.05) is 50.7 Å². The van der Waals surface area contributed by atoms with Crippen LogP contribution in [0, 0.1) is 5.92 Å². The van der Waals surface area contributed by atoms with E-state index in [1.807, 2.05) is 0 Å². The molecule has 0 saturated carbocycles. The topological polar surface area (TPSA) is 26.3 Å². The van der Waals surface area contributed by atoms with E-state index in [1.54, 1.807) is 0 Å². The maximum absolute atomic E-state index is 10.5. The average Bonchev–Trinajstić information content (AvgIpc) is 2.84. The standard InChI is InChI=1S/C16H28O2/c1-15(17)18-14-10-6-4-2-3-5-7-11-16-12-8-9-13-16/h8,12,16H,2-7,9-11,13-14H2,1H3/t16-/m0/s1. The van der Waals surface area contributed by atoms with Crippen LogP contribution in [0.25, 0.3) is 0 Å². The zero-order valence-electron chi connectivity index (χ0n) is 11.8. The second-order valence-electron chi connectivity index (χ2n) is 5.37. The molecule has 1 atom stereocenters. The third-order valence-electron chi connectivity index (χ3n) is 3.64. The molecule has 18 heavy (non-hydrogen) atoms. The summed E-state index contributed by atoms with van der Waals surface area (Å²) in [7, 11) is 0. The van der Waals surface area contributed by atoms with E-state index in [-0.39, 0.29) is 5.97 Å². The van der Waals surface area contributed by atoms with Gasteiger partial charge in [0.25, 0.3) is 0 Å². The summed E-state index contributed by atoms with van der Waals surface area (Å²) < 4.78 is 4.90. The highest BCUT2D eigenvalue weighted by Gasteiger charge is 2.07. The Hall–Kier alpha value is -0.790. The molecule has 0 saturated heterocycles. The van der Waals surface area contributed by atoms with Crippen molar-refractivity contribution in [3.8, 4) is 0 Å². The van der Waals surface area contributed by atoms with Gasteiger partial charge in [0.1, 0.15) is 0 Å². The summed E-state index contributed by atoms with van der Waals surface area (Å²) in [6.45, 7) is 2.07. The minimum absolute atomic E-state index is 0.157. The van der Waals surface area contributed by atoms with Crippen LogP contribution in [0.4, 0.5) is 0 Å². The fraction of sp³-hybridized carbons (Fsp3) is 0.812. The predicted molar refractivity (Wildman–Crippen MR) is 75.4 cm³/mol. The third kappa shape index (κ3) is 8.32. The van der Waals surface area contributed by atoms with Gasteiger partial charge >= 0.3 is 5.97 Å². The van der Waals surface area contributed by atoms with Crippen LogP contribution < -0.4 is 0 Å². The van der Waals surface area contributed by atoms with Gasteiger partial charge in [-0.3, -0.25) is 4.79 Å². The molecule has 0 aliphatic heterocycles. The lowest BCUT2D eigenvalue weighted by Crippen LogP contribution is -2.00. The van der Waals surface area contributed by atoms with Crippen molar-refractivity contribution in [1.29, 1.82) is 0 Å². The lowest BCUT2D eigenvalue weighted by atomic mass is 10.00. The van der Waals surface area contributed by atoms with Crippen molar-refractivity contribution in [2.75, 3.05) is 6.61 Å². The first-order chi connectivity index (χ1) is 8.79. The van der Waals surface area contributed by atoms with Crippen LogP contribution in [0.1, 0.15) is 71.1 Å². The van der Waals surface area contributed by atoms with Crippen molar-refractivity contribution >= 4 is 5.97 Å². The number of carbonyl (C=O) groups excluding carboxylic acids is 1. The Bertz CT molecular complexity index is 245. The van der Waals surface area contributed by atoms with E-state index in [9.17, 15) is 4.79 Å². The minimum atomic E-state index is -0.157. The first-order valence-corrected chi connectivity index (χ1v) is 7.59. The molecule has 0 N–H and O–H groups in total. The number of carbonyl (C=O) groups is 1. The molecule has 0 amide bonds. The molecule has 0 spiro atoms. The maximum Gasteiger partial charge on any atom is 0.302 e. The summed E-state index contributed by atoms with van der Waals surface area (Å²) in [5.41, 5.74) is 0. The summed E-state index contributed by atoms with van der Waals surface area (Å²) in [4.78, 5) is 10.5. The van der Waals surface area contributed by atoms with Gasteiger partial charge in [0.15, 0.2) is 0 Å². The summed E-state index contributed by atoms with van der Waals surface area (Å²) >= 11 is 0. The monoisotopic (exact) mass is 252 g/mol. The van der Waals surface area contributed by atoms with E-state index in [2.05, 4.69) is 12.2 Å². The van der Waals surface area contributed by atoms with Crippen LogP contribution in [0.2, 0.25) is 0 Å².